The standard InChI is InChI=1S/C10H13FN2O/c1-2-9(10(12)14)13-8-5-3-7(11)4-6-8/h3-6,9,13H,2H2,1H3,(H2,12,14). The lowest BCUT2D eigenvalue weighted by Gasteiger charge is -2.14. The van der Waals surface area contributed by atoms with Crippen molar-refractivity contribution >= 4 is 11.6 Å². The van der Waals surface area contributed by atoms with E-state index in [1.807, 2.05) is 6.92 Å². The van der Waals surface area contributed by atoms with Crippen molar-refractivity contribution in [1.29, 1.82) is 0 Å². The van der Waals surface area contributed by atoms with Gasteiger partial charge in [-0.15, -0.1) is 0 Å². The second-order valence-corrected chi connectivity index (χ2v) is 3.01. The third-order valence-electron chi connectivity index (χ3n) is 1.94. The van der Waals surface area contributed by atoms with Crippen LogP contribution in [0.4, 0.5) is 10.1 Å². The summed E-state index contributed by atoms with van der Waals surface area (Å²) in [5.74, 6) is -0.709. The fourth-order valence-electron chi connectivity index (χ4n) is 1.12. The number of anilines is 1. The summed E-state index contributed by atoms with van der Waals surface area (Å²) in [7, 11) is 0. The van der Waals surface area contributed by atoms with E-state index in [2.05, 4.69) is 5.32 Å². The van der Waals surface area contributed by atoms with Crippen LogP contribution in [-0.2, 0) is 4.79 Å². The summed E-state index contributed by atoms with van der Waals surface area (Å²) in [5.41, 5.74) is 5.84. The highest BCUT2D eigenvalue weighted by atomic mass is 19.1. The van der Waals surface area contributed by atoms with Gasteiger partial charge >= 0.3 is 0 Å². The van der Waals surface area contributed by atoms with Gasteiger partial charge in [-0.2, -0.15) is 0 Å². The second kappa shape index (κ2) is 4.60. The maximum atomic E-state index is 12.5. The van der Waals surface area contributed by atoms with Crippen LogP contribution in [0.15, 0.2) is 24.3 Å². The van der Waals surface area contributed by atoms with Crippen molar-refractivity contribution in [3.05, 3.63) is 30.1 Å². The number of rotatable bonds is 4. The first-order valence-corrected chi connectivity index (χ1v) is 4.45. The predicted octanol–water partition coefficient (Wildman–Crippen LogP) is 1.50. The molecule has 1 amide bonds. The van der Waals surface area contributed by atoms with E-state index in [0.717, 1.165) is 0 Å². The van der Waals surface area contributed by atoms with Gasteiger partial charge in [-0.1, -0.05) is 6.92 Å². The Morgan fingerprint density at radius 2 is 2.07 bits per heavy atom. The molecule has 1 atom stereocenters. The number of hydrogen-bond acceptors (Lipinski definition) is 2. The molecule has 14 heavy (non-hydrogen) atoms. The molecule has 0 radical (unpaired) electrons. The highest BCUT2D eigenvalue weighted by Gasteiger charge is 2.11. The van der Waals surface area contributed by atoms with Crippen LogP contribution in [0.25, 0.3) is 0 Å². The molecule has 0 saturated carbocycles. The number of carbonyl (C=O) groups excluding carboxylic acids is 1. The Bertz CT molecular complexity index is 310. The van der Waals surface area contributed by atoms with Crippen molar-refractivity contribution in [1.82, 2.24) is 0 Å². The van der Waals surface area contributed by atoms with E-state index in [-0.39, 0.29) is 5.82 Å². The molecule has 0 fully saturated rings. The van der Waals surface area contributed by atoms with Crippen LogP contribution in [0.1, 0.15) is 13.3 Å². The van der Waals surface area contributed by atoms with Gasteiger partial charge in [-0.05, 0) is 30.7 Å². The molecule has 0 aliphatic carbocycles. The number of carbonyl (C=O) groups is 1. The summed E-state index contributed by atoms with van der Waals surface area (Å²) in [4.78, 5) is 10.9. The third-order valence-corrected chi connectivity index (χ3v) is 1.94. The maximum Gasteiger partial charge on any atom is 0.239 e. The topological polar surface area (TPSA) is 55.1 Å². The van der Waals surface area contributed by atoms with Gasteiger partial charge in [-0.25, -0.2) is 4.39 Å². The van der Waals surface area contributed by atoms with Crippen LogP contribution in [-0.4, -0.2) is 11.9 Å². The lowest BCUT2D eigenvalue weighted by Crippen LogP contribution is -2.34. The molecule has 1 unspecified atom stereocenters. The highest BCUT2D eigenvalue weighted by Crippen LogP contribution is 2.10. The van der Waals surface area contributed by atoms with E-state index in [1.54, 1.807) is 12.1 Å². The molecule has 0 heterocycles. The van der Waals surface area contributed by atoms with Crippen molar-refractivity contribution in [3.8, 4) is 0 Å². The van der Waals surface area contributed by atoms with Crippen LogP contribution >= 0.6 is 0 Å². The molecule has 4 heteroatoms. The number of primary amides is 1. The minimum atomic E-state index is -0.406. The van der Waals surface area contributed by atoms with Crippen molar-refractivity contribution in [2.45, 2.75) is 19.4 Å². The summed E-state index contributed by atoms with van der Waals surface area (Å²) < 4.78 is 12.5. The fraction of sp³-hybridized carbons (Fsp3) is 0.300. The van der Waals surface area contributed by atoms with E-state index in [1.165, 1.54) is 12.1 Å². The Labute approximate surface area is 82.1 Å². The maximum absolute atomic E-state index is 12.5. The van der Waals surface area contributed by atoms with Crippen LogP contribution in [0.3, 0.4) is 0 Å². The molecule has 0 spiro atoms. The molecule has 0 aliphatic rings. The normalized spacial score (nSPS) is 12.1. The Morgan fingerprint density at radius 1 is 1.50 bits per heavy atom. The molecule has 3 nitrogen and oxygen atoms in total. The van der Waals surface area contributed by atoms with Crippen LogP contribution in [0.2, 0.25) is 0 Å². The van der Waals surface area contributed by atoms with Crippen LogP contribution in [0.5, 0.6) is 0 Å². The Hall–Kier alpha value is -1.58. The fourth-order valence-corrected chi connectivity index (χ4v) is 1.12. The van der Waals surface area contributed by atoms with Gasteiger partial charge in [0.15, 0.2) is 0 Å². The van der Waals surface area contributed by atoms with Crippen molar-refractivity contribution in [2.75, 3.05) is 5.32 Å². The summed E-state index contributed by atoms with van der Waals surface area (Å²) in [6.45, 7) is 1.85. The van der Waals surface area contributed by atoms with Gasteiger partial charge in [0.25, 0.3) is 0 Å². The Kier molecular flexibility index (Phi) is 3.45. The lowest BCUT2D eigenvalue weighted by molar-refractivity contribution is -0.118. The number of hydrogen-bond donors (Lipinski definition) is 2. The number of amides is 1. The molecule has 0 aliphatic heterocycles. The molecule has 1 aromatic carbocycles. The Balaban J connectivity index is 2.67. The summed E-state index contributed by atoms with van der Waals surface area (Å²) in [6, 6.07) is 5.40. The SMILES string of the molecule is CCC(Nc1ccc(F)cc1)C(N)=O. The van der Waals surface area contributed by atoms with E-state index >= 15 is 0 Å². The van der Waals surface area contributed by atoms with Gasteiger partial charge < -0.3 is 11.1 Å². The van der Waals surface area contributed by atoms with E-state index in [9.17, 15) is 9.18 Å². The molecular formula is C10H13FN2O. The number of benzene rings is 1. The molecule has 0 aromatic heterocycles. The molecule has 0 saturated heterocycles. The second-order valence-electron chi connectivity index (χ2n) is 3.01. The summed E-state index contributed by atoms with van der Waals surface area (Å²) in [6.07, 6.45) is 0.604. The molecule has 76 valence electrons. The number of halogens is 1. The largest absolute Gasteiger partial charge is 0.374 e. The van der Waals surface area contributed by atoms with Crippen LogP contribution < -0.4 is 11.1 Å². The zero-order valence-corrected chi connectivity index (χ0v) is 7.96. The zero-order valence-electron chi connectivity index (χ0n) is 7.96. The van der Waals surface area contributed by atoms with Crippen molar-refractivity contribution in [3.63, 3.8) is 0 Å². The van der Waals surface area contributed by atoms with Gasteiger partial charge in [0.2, 0.25) is 5.91 Å². The average Bonchev–Trinajstić information content (AvgIpc) is 2.16. The monoisotopic (exact) mass is 196 g/mol. The predicted molar refractivity (Wildman–Crippen MR) is 53.3 cm³/mol. The molecule has 3 N–H and O–H groups in total. The first-order chi connectivity index (χ1) is 6.63. The van der Waals surface area contributed by atoms with Gasteiger partial charge in [0, 0.05) is 5.69 Å². The zero-order chi connectivity index (χ0) is 10.6. The van der Waals surface area contributed by atoms with E-state index in [0.29, 0.717) is 12.1 Å². The Morgan fingerprint density at radius 3 is 2.50 bits per heavy atom. The van der Waals surface area contributed by atoms with Crippen molar-refractivity contribution < 1.29 is 9.18 Å². The van der Waals surface area contributed by atoms with Gasteiger partial charge in [0.05, 0.1) is 0 Å². The number of nitrogens with one attached hydrogen (secondary N) is 1. The minimum Gasteiger partial charge on any atom is -0.374 e. The van der Waals surface area contributed by atoms with Crippen molar-refractivity contribution in [2.24, 2.45) is 5.73 Å². The average molecular weight is 196 g/mol. The smallest absolute Gasteiger partial charge is 0.239 e. The molecule has 1 aromatic rings. The van der Waals surface area contributed by atoms with E-state index in [4.69, 9.17) is 5.73 Å². The molecular weight excluding hydrogens is 183 g/mol. The molecule has 0 bridgehead atoms. The van der Waals surface area contributed by atoms with Gasteiger partial charge in [0.1, 0.15) is 11.9 Å². The quantitative estimate of drug-likeness (QED) is 0.766. The van der Waals surface area contributed by atoms with Crippen LogP contribution in [0, 0.1) is 5.82 Å². The first-order valence-electron chi connectivity index (χ1n) is 4.45. The third kappa shape index (κ3) is 2.73. The first kappa shape index (κ1) is 10.5. The number of nitrogens with two attached hydrogens (primary N) is 1. The van der Waals surface area contributed by atoms with Gasteiger partial charge in [-0.3, -0.25) is 4.79 Å². The van der Waals surface area contributed by atoms with E-state index < -0.39 is 11.9 Å². The minimum absolute atomic E-state index is 0.303. The molecule has 1 rings (SSSR count). The highest BCUT2D eigenvalue weighted by molar-refractivity contribution is 5.82. The summed E-state index contributed by atoms with van der Waals surface area (Å²) >= 11 is 0. The lowest BCUT2D eigenvalue weighted by atomic mass is 10.2. The summed E-state index contributed by atoms with van der Waals surface area (Å²) in [5, 5.41) is 2.91.